The lowest BCUT2D eigenvalue weighted by Crippen LogP contribution is -2.44. The topological polar surface area (TPSA) is 70.7 Å². The largest absolute Gasteiger partial charge is 0.496 e. The van der Waals surface area contributed by atoms with Gasteiger partial charge in [0.1, 0.15) is 5.75 Å². The second-order valence-electron chi connectivity index (χ2n) is 6.91. The number of piperidine rings is 1. The summed E-state index contributed by atoms with van der Waals surface area (Å²) in [5.74, 6) is 0.867. The Morgan fingerprint density at radius 2 is 1.71 bits per heavy atom. The fourth-order valence-corrected chi connectivity index (χ4v) is 3.44. The molecule has 1 aliphatic rings. The number of likely N-dealkylation sites (tertiary alicyclic amines) is 1. The van der Waals surface area contributed by atoms with Crippen molar-refractivity contribution in [2.45, 2.75) is 19.3 Å². The number of hydrogen-bond donors (Lipinski definition) is 2. The summed E-state index contributed by atoms with van der Waals surface area (Å²) in [7, 11) is 1.65. The van der Waals surface area contributed by atoms with Crippen molar-refractivity contribution >= 4 is 17.6 Å². The molecule has 0 bridgehead atoms. The van der Waals surface area contributed by atoms with E-state index in [0.29, 0.717) is 32.5 Å². The monoisotopic (exact) mass is 381 g/mol. The average molecular weight is 381 g/mol. The van der Waals surface area contributed by atoms with Gasteiger partial charge in [0.05, 0.1) is 7.11 Å². The van der Waals surface area contributed by atoms with Gasteiger partial charge in [-0.2, -0.15) is 0 Å². The first-order valence-corrected chi connectivity index (χ1v) is 9.68. The number of hydrogen-bond acceptors (Lipinski definition) is 3. The van der Waals surface area contributed by atoms with Gasteiger partial charge in [0, 0.05) is 31.2 Å². The van der Waals surface area contributed by atoms with E-state index < -0.39 is 0 Å². The van der Waals surface area contributed by atoms with Gasteiger partial charge < -0.3 is 20.3 Å². The average Bonchev–Trinajstić information content (AvgIpc) is 2.75. The molecule has 6 heteroatoms. The molecule has 3 rings (SSSR count). The number of rotatable bonds is 6. The van der Waals surface area contributed by atoms with E-state index in [1.165, 1.54) is 0 Å². The Morgan fingerprint density at radius 1 is 1.04 bits per heavy atom. The SMILES string of the molecule is COc1ccccc1CCNC(=O)C1CCN(C(=O)Nc2ccccc2)CC1. The van der Waals surface area contributed by atoms with Gasteiger partial charge in [-0.3, -0.25) is 4.79 Å². The molecule has 0 saturated carbocycles. The van der Waals surface area contributed by atoms with Crippen molar-refractivity contribution < 1.29 is 14.3 Å². The molecule has 2 N–H and O–H groups in total. The van der Waals surface area contributed by atoms with Gasteiger partial charge in [-0.05, 0) is 43.0 Å². The quantitative estimate of drug-likeness (QED) is 0.807. The number of carbonyl (C=O) groups excluding carboxylic acids is 2. The number of anilines is 1. The van der Waals surface area contributed by atoms with Crippen LogP contribution in [0.3, 0.4) is 0 Å². The number of benzene rings is 2. The van der Waals surface area contributed by atoms with Gasteiger partial charge in [-0.15, -0.1) is 0 Å². The molecule has 148 valence electrons. The van der Waals surface area contributed by atoms with E-state index in [2.05, 4.69) is 10.6 Å². The zero-order chi connectivity index (χ0) is 19.8. The predicted octanol–water partition coefficient (Wildman–Crippen LogP) is 3.30. The van der Waals surface area contributed by atoms with Gasteiger partial charge in [0.2, 0.25) is 5.91 Å². The summed E-state index contributed by atoms with van der Waals surface area (Å²) in [6, 6.07) is 17.1. The first-order chi connectivity index (χ1) is 13.7. The highest BCUT2D eigenvalue weighted by Crippen LogP contribution is 2.20. The smallest absolute Gasteiger partial charge is 0.321 e. The fourth-order valence-electron chi connectivity index (χ4n) is 3.44. The highest BCUT2D eigenvalue weighted by molar-refractivity contribution is 5.89. The summed E-state index contributed by atoms with van der Waals surface area (Å²) in [5, 5.41) is 5.92. The zero-order valence-electron chi connectivity index (χ0n) is 16.2. The van der Waals surface area contributed by atoms with E-state index in [-0.39, 0.29) is 17.9 Å². The Kier molecular flexibility index (Phi) is 6.89. The Bertz CT molecular complexity index is 787. The van der Waals surface area contributed by atoms with Crippen molar-refractivity contribution in [3.8, 4) is 5.75 Å². The molecular formula is C22H27N3O3. The van der Waals surface area contributed by atoms with E-state index in [0.717, 1.165) is 23.4 Å². The minimum atomic E-state index is -0.110. The van der Waals surface area contributed by atoms with Crippen molar-refractivity contribution in [2.75, 3.05) is 32.1 Å². The van der Waals surface area contributed by atoms with Crippen LogP contribution in [0, 0.1) is 5.92 Å². The van der Waals surface area contributed by atoms with Gasteiger partial charge >= 0.3 is 6.03 Å². The second-order valence-corrected chi connectivity index (χ2v) is 6.91. The van der Waals surface area contributed by atoms with Crippen LogP contribution in [-0.4, -0.2) is 43.6 Å². The van der Waals surface area contributed by atoms with Gasteiger partial charge in [-0.25, -0.2) is 4.79 Å². The van der Waals surface area contributed by atoms with Crippen molar-refractivity contribution in [3.05, 3.63) is 60.2 Å². The van der Waals surface area contributed by atoms with E-state index in [9.17, 15) is 9.59 Å². The lowest BCUT2D eigenvalue weighted by molar-refractivity contribution is -0.126. The maximum Gasteiger partial charge on any atom is 0.321 e. The van der Waals surface area contributed by atoms with Crippen LogP contribution in [0.2, 0.25) is 0 Å². The minimum absolute atomic E-state index is 0.0431. The lowest BCUT2D eigenvalue weighted by atomic mass is 9.96. The van der Waals surface area contributed by atoms with Crippen LogP contribution >= 0.6 is 0 Å². The van der Waals surface area contributed by atoms with Gasteiger partial charge in [0.15, 0.2) is 0 Å². The third kappa shape index (κ3) is 5.25. The summed E-state index contributed by atoms with van der Waals surface area (Å²) < 4.78 is 5.34. The molecule has 0 radical (unpaired) electrons. The highest BCUT2D eigenvalue weighted by atomic mass is 16.5. The molecule has 0 spiro atoms. The molecule has 6 nitrogen and oxygen atoms in total. The summed E-state index contributed by atoms with van der Waals surface area (Å²) in [6.45, 7) is 1.75. The number of para-hydroxylation sites is 2. The molecule has 1 saturated heterocycles. The summed E-state index contributed by atoms with van der Waals surface area (Å²) in [5.41, 5.74) is 1.86. The Balaban J connectivity index is 1.40. The number of methoxy groups -OCH3 is 1. The third-order valence-corrected chi connectivity index (χ3v) is 5.06. The molecule has 1 aliphatic heterocycles. The van der Waals surface area contributed by atoms with E-state index in [4.69, 9.17) is 4.74 Å². The summed E-state index contributed by atoms with van der Waals surface area (Å²) >= 11 is 0. The van der Waals surface area contributed by atoms with E-state index in [1.54, 1.807) is 12.0 Å². The molecule has 28 heavy (non-hydrogen) atoms. The Hall–Kier alpha value is -3.02. The lowest BCUT2D eigenvalue weighted by Gasteiger charge is -2.31. The van der Waals surface area contributed by atoms with Crippen molar-refractivity contribution in [1.29, 1.82) is 0 Å². The van der Waals surface area contributed by atoms with Crippen LogP contribution in [0.5, 0.6) is 5.75 Å². The maximum atomic E-state index is 12.4. The molecular weight excluding hydrogens is 354 g/mol. The number of nitrogens with one attached hydrogen (secondary N) is 2. The highest BCUT2D eigenvalue weighted by Gasteiger charge is 2.27. The van der Waals surface area contributed by atoms with Crippen molar-refractivity contribution in [1.82, 2.24) is 10.2 Å². The molecule has 2 aromatic rings. The molecule has 2 aromatic carbocycles. The number of amides is 3. The molecule has 0 aromatic heterocycles. The van der Waals surface area contributed by atoms with Crippen LogP contribution in [-0.2, 0) is 11.2 Å². The first-order valence-electron chi connectivity index (χ1n) is 9.68. The summed E-state index contributed by atoms with van der Waals surface area (Å²) in [4.78, 5) is 26.6. The van der Waals surface area contributed by atoms with Gasteiger partial charge in [-0.1, -0.05) is 36.4 Å². The normalized spacial score (nSPS) is 14.4. The third-order valence-electron chi connectivity index (χ3n) is 5.06. The van der Waals surface area contributed by atoms with Gasteiger partial charge in [0.25, 0.3) is 0 Å². The maximum absolute atomic E-state index is 12.4. The molecule has 1 fully saturated rings. The molecule has 0 unspecified atom stereocenters. The van der Waals surface area contributed by atoms with Crippen LogP contribution < -0.4 is 15.4 Å². The van der Waals surface area contributed by atoms with E-state index >= 15 is 0 Å². The number of carbonyl (C=O) groups is 2. The number of urea groups is 1. The van der Waals surface area contributed by atoms with Crippen LogP contribution in [0.1, 0.15) is 18.4 Å². The zero-order valence-corrected chi connectivity index (χ0v) is 16.2. The molecule has 0 aliphatic carbocycles. The number of ether oxygens (including phenoxy) is 1. The standard InChI is InChI=1S/C22H27N3O3/c1-28-20-10-6-5-7-17(20)11-14-23-21(26)18-12-15-25(16-13-18)22(27)24-19-8-3-2-4-9-19/h2-10,18H,11-16H2,1H3,(H,23,26)(H,24,27). The fraction of sp³-hybridized carbons (Fsp3) is 0.364. The van der Waals surface area contributed by atoms with Crippen molar-refractivity contribution in [2.24, 2.45) is 5.92 Å². The van der Waals surface area contributed by atoms with Crippen molar-refractivity contribution in [3.63, 3.8) is 0 Å². The molecule has 1 heterocycles. The molecule has 0 atom stereocenters. The number of nitrogens with zero attached hydrogens (tertiary/aromatic N) is 1. The minimum Gasteiger partial charge on any atom is -0.496 e. The summed E-state index contributed by atoms with van der Waals surface area (Å²) in [6.07, 6.45) is 2.10. The Labute approximate surface area is 165 Å². The van der Waals surface area contributed by atoms with Crippen LogP contribution in [0.25, 0.3) is 0 Å². The van der Waals surface area contributed by atoms with Crippen LogP contribution in [0.4, 0.5) is 10.5 Å². The Morgan fingerprint density at radius 3 is 2.43 bits per heavy atom. The molecule has 3 amide bonds. The van der Waals surface area contributed by atoms with Crippen LogP contribution in [0.15, 0.2) is 54.6 Å². The first kappa shape index (κ1) is 19.7. The van der Waals surface area contributed by atoms with E-state index in [1.807, 2.05) is 54.6 Å². The predicted molar refractivity (Wildman–Crippen MR) is 109 cm³/mol. The second kappa shape index (κ2) is 9.78.